The number of aryl methyl sites for hydroxylation is 1. The molecule has 0 aliphatic carbocycles. The molecule has 5 heteroatoms. The normalized spacial score (nSPS) is 20.3. The average molecular weight is 394 g/mol. The molecule has 3 rings (SSSR count). The molecule has 122 valence electrons. The average Bonchev–Trinajstić information content (AvgIpc) is 2.96. The molecule has 1 aromatic carbocycles. The van der Waals surface area contributed by atoms with Crippen LogP contribution in [0.15, 0.2) is 40.2 Å². The van der Waals surface area contributed by atoms with Crippen molar-refractivity contribution >= 4 is 33.2 Å². The Bertz CT molecular complexity index is 683. The number of aliphatic carboxylic acids is 1. The molecule has 0 amide bonds. The minimum absolute atomic E-state index is 0.0169. The molecule has 0 spiro atoms. The molecule has 2 atom stereocenters. The van der Waals surface area contributed by atoms with Crippen LogP contribution in [0.3, 0.4) is 0 Å². The summed E-state index contributed by atoms with van der Waals surface area (Å²) in [6.07, 6.45) is 2.78. The first kappa shape index (κ1) is 16.7. The van der Waals surface area contributed by atoms with Gasteiger partial charge in [-0.05, 0) is 61.0 Å². The van der Waals surface area contributed by atoms with E-state index >= 15 is 0 Å². The van der Waals surface area contributed by atoms with Crippen molar-refractivity contribution in [3.63, 3.8) is 0 Å². The van der Waals surface area contributed by atoms with Crippen molar-refractivity contribution in [2.75, 3.05) is 6.54 Å². The Labute approximate surface area is 149 Å². The summed E-state index contributed by atoms with van der Waals surface area (Å²) in [5.74, 6) is -0.708. The number of nitrogens with zero attached hydrogens (tertiary/aromatic N) is 1. The number of hydrogen-bond acceptors (Lipinski definition) is 3. The van der Waals surface area contributed by atoms with E-state index in [4.69, 9.17) is 0 Å². The Morgan fingerprint density at radius 1 is 1.35 bits per heavy atom. The number of carboxylic acids is 1. The maximum atomic E-state index is 11.7. The summed E-state index contributed by atoms with van der Waals surface area (Å²) in [4.78, 5) is 15.1. The van der Waals surface area contributed by atoms with Crippen molar-refractivity contribution in [2.45, 2.75) is 38.3 Å². The van der Waals surface area contributed by atoms with Crippen molar-refractivity contribution in [3.05, 3.63) is 56.2 Å². The monoisotopic (exact) mass is 393 g/mol. The lowest BCUT2D eigenvalue weighted by Crippen LogP contribution is -2.46. The highest BCUT2D eigenvalue weighted by Gasteiger charge is 2.35. The van der Waals surface area contributed by atoms with Gasteiger partial charge in [-0.1, -0.05) is 34.5 Å². The van der Waals surface area contributed by atoms with Crippen LogP contribution in [0.1, 0.15) is 41.3 Å². The molecule has 2 heterocycles. The fourth-order valence-electron chi connectivity index (χ4n) is 3.29. The van der Waals surface area contributed by atoms with E-state index in [1.807, 2.05) is 12.1 Å². The van der Waals surface area contributed by atoms with E-state index in [0.29, 0.717) is 0 Å². The number of piperidine rings is 1. The number of benzene rings is 1. The van der Waals surface area contributed by atoms with Crippen LogP contribution in [-0.4, -0.2) is 28.6 Å². The summed E-state index contributed by atoms with van der Waals surface area (Å²) in [6.45, 7) is 2.91. The molecular formula is C18H20BrNO2S. The number of carboxylic acid groups (broad SMARTS) is 1. The van der Waals surface area contributed by atoms with Crippen LogP contribution in [-0.2, 0) is 4.79 Å². The summed E-state index contributed by atoms with van der Waals surface area (Å²) < 4.78 is 1.04. The zero-order chi connectivity index (χ0) is 16.4. The number of carbonyl (C=O) groups is 1. The first-order valence-corrected chi connectivity index (χ1v) is 9.52. The van der Waals surface area contributed by atoms with Gasteiger partial charge in [-0.15, -0.1) is 11.3 Å². The second kappa shape index (κ2) is 7.16. The van der Waals surface area contributed by atoms with E-state index in [2.05, 4.69) is 51.3 Å². The molecule has 1 N–H and O–H groups in total. The maximum absolute atomic E-state index is 11.7. The number of thiophene rings is 1. The van der Waals surface area contributed by atoms with E-state index in [1.165, 1.54) is 10.4 Å². The molecule has 1 aromatic heterocycles. The molecule has 1 saturated heterocycles. The van der Waals surface area contributed by atoms with Gasteiger partial charge in [-0.25, -0.2) is 0 Å². The van der Waals surface area contributed by atoms with Gasteiger partial charge < -0.3 is 5.11 Å². The van der Waals surface area contributed by atoms with E-state index in [9.17, 15) is 9.90 Å². The van der Waals surface area contributed by atoms with Crippen LogP contribution in [0.5, 0.6) is 0 Å². The van der Waals surface area contributed by atoms with Crippen molar-refractivity contribution in [1.29, 1.82) is 0 Å². The second-order valence-electron chi connectivity index (χ2n) is 6.07. The third-order valence-corrected chi connectivity index (χ3v) is 6.00. The molecule has 0 saturated carbocycles. The van der Waals surface area contributed by atoms with E-state index in [-0.39, 0.29) is 6.04 Å². The lowest BCUT2D eigenvalue weighted by atomic mass is 9.95. The van der Waals surface area contributed by atoms with Gasteiger partial charge in [-0.3, -0.25) is 9.69 Å². The van der Waals surface area contributed by atoms with Gasteiger partial charge in [0, 0.05) is 9.35 Å². The lowest BCUT2D eigenvalue weighted by Gasteiger charge is -2.39. The Kier molecular flexibility index (Phi) is 5.19. The largest absolute Gasteiger partial charge is 0.480 e. The Morgan fingerprint density at radius 3 is 2.70 bits per heavy atom. The third kappa shape index (κ3) is 3.67. The van der Waals surface area contributed by atoms with Gasteiger partial charge in [-0.2, -0.15) is 0 Å². The van der Waals surface area contributed by atoms with Gasteiger partial charge in [0.25, 0.3) is 0 Å². The van der Waals surface area contributed by atoms with Crippen LogP contribution in [0.25, 0.3) is 0 Å². The zero-order valence-electron chi connectivity index (χ0n) is 13.0. The molecule has 2 unspecified atom stereocenters. The molecule has 0 radical (unpaired) electrons. The van der Waals surface area contributed by atoms with Gasteiger partial charge >= 0.3 is 5.97 Å². The standard InChI is InChI=1S/C18H20BrNO2S/c1-12-10-16(23-11-12)17(13-5-7-14(19)8-6-13)20-9-3-2-4-15(20)18(21)22/h5-8,10-11,15,17H,2-4,9H2,1H3,(H,21,22). The van der Waals surface area contributed by atoms with Gasteiger partial charge in [0.1, 0.15) is 6.04 Å². The molecule has 1 aliphatic heterocycles. The Hall–Kier alpha value is -1.17. The summed E-state index contributed by atoms with van der Waals surface area (Å²) in [5.41, 5.74) is 2.39. The van der Waals surface area contributed by atoms with Crippen molar-refractivity contribution < 1.29 is 9.90 Å². The second-order valence-corrected chi connectivity index (χ2v) is 7.93. The fraction of sp³-hybridized carbons (Fsp3) is 0.389. The number of hydrogen-bond donors (Lipinski definition) is 1. The summed E-state index contributed by atoms with van der Waals surface area (Å²) in [7, 11) is 0. The quantitative estimate of drug-likeness (QED) is 0.806. The predicted molar refractivity (Wildman–Crippen MR) is 97.0 cm³/mol. The minimum atomic E-state index is -0.708. The highest BCUT2D eigenvalue weighted by Crippen LogP contribution is 2.37. The maximum Gasteiger partial charge on any atom is 0.320 e. The molecule has 23 heavy (non-hydrogen) atoms. The highest BCUT2D eigenvalue weighted by atomic mass is 79.9. The van der Waals surface area contributed by atoms with E-state index in [1.54, 1.807) is 11.3 Å². The molecule has 3 nitrogen and oxygen atoms in total. The van der Waals surface area contributed by atoms with Gasteiger partial charge in [0.15, 0.2) is 0 Å². The lowest BCUT2D eigenvalue weighted by molar-refractivity contribution is -0.145. The first-order valence-electron chi connectivity index (χ1n) is 7.85. The predicted octanol–water partition coefficient (Wildman–Crippen LogP) is 4.85. The van der Waals surface area contributed by atoms with Crippen molar-refractivity contribution in [2.24, 2.45) is 0 Å². The summed E-state index contributed by atoms with van der Waals surface area (Å²) in [6, 6.07) is 10.0. The van der Waals surface area contributed by atoms with Crippen molar-refractivity contribution in [1.82, 2.24) is 4.90 Å². The third-order valence-electron chi connectivity index (χ3n) is 4.37. The SMILES string of the molecule is Cc1csc(C(c2ccc(Br)cc2)N2CCCCC2C(=O)O)c1. The van der Waals surface area contributed by atoms with Crippen LogP contribution >= 0.6 is 27.3 Å². The minimum Gasteiger partial charge on any atom is -0.480 e. The summed E-state index contributed by atoms with van der Waals surface area (Å²) in [5, 5.41) is 11.8. The van der Waals surface area contributed by atoms with Crippen LogP contribution in [0.4, 0.5) is 0 Å². The molecule has 2 aromatic rings. The Morgan fingerprint density at radius 2 is 2.09 bits per heavy atom. The zero-order valence-corrected chi connectivity index (χ0v) is 15.4. The van der Waals surface area contributed by atoms with E-state index < -0.39 is 12.0 Å². The molecular weight excluding hydrogens is 374 g/mol. The molecule has 0 bridgehead atoms. The highest BCUT2D eigenvalue weighted by molar-refractivity contribution is 9.10. The van der Waals surface area contributed by atoms with Crippen LogP contribution in [0.2, 0.25) is 0 Å². The fourth-order valence-corrected chi connectivity index (χ4v) is 4.60. The molecule has 1 fully saturated rings. The van der Waals surface area contributed by atoms with Crippen LogP contribution in [0, 0.1) is 6.92 Å². The van der Waals surface area contributed by atoms with Crippen molar-refractivity contribution in [3.8, 4) is 0 Å². The number of halogens is 1. The van der Waals surface area contributed by atoms with Crippen LogP contribution < -0.4 is 0 Å². The molecule has 1 aliphatic rings. The van der Waals surface area contributed by atoms with Gasteiger partial charge in [0.2, 0.25) is 0 Å². The summed E-state index contributed by atoms with van der Waals surface area (Å²) >= 11 is 5.20. The Balaban J connectivity index is 2.03. The van der Waals surface area contributed by atoms with Gasteiger partial charge in [0.05, 0.1) is 6.04 Å². The number of likely N-dealkylation sites (tertiary alicyclic amines) is 1. The smallest absolute Gasteiger partial charge is 0.320 e. The topological polar surface area (TPSA) is 40.5 Å². The first-order chi connectivity index (χ1) is 11.1. The number of rotatable bonds is 4. The van der Waals surface area contributed by atoms with E-state index in [0.717, 1.165) is 35.8 Å².